The Morgan fingerprint density at radius 1 is 1.07 bits per heavy atom. The van der Waals surface area contributed by atoms with Gasteiger partial charge in [-0.1, -0.05) is 54.1 Å². The number of para-hydroxylation sites is 1. The van der Waals surface area contributed by atoms with Crippen LogP contribution in [0.1, 0.15) is 33.3 Å². The summed E-state index contributed by atoms with van der Waals surface area (Å²) < 4.78 is 5.61. The maximum atomic E-state index is 12.9. The molecule has 0 spiro atoms. The predicted molar refractivity (Wildman–Crippen MR) is 116 cm³/mol. The molecule has 0 aliphatic heterocycles. The molecule has 2 aromatic rings. The van der Waals surface area contributed by atoms with Gasteiger partial charge < -0.3 is 15.0 Å². The first-order valence-electron chi connectivity index (χ1n) is 9.70. The molecule has 0 heterocycles. The fraction of sp³-hybridized carbons (Fsp3) is 0.391. The molecule has 0 aliphatic carbocycles. The Labute approximate surface area is 178 Å². The van der Waals surface area contributed by atoms with E-state index in [1.165, 1.54) is 0 Å². The minimum atomic E-state index is -0.625. The number of nitrogens with zero attached hydrogens (tertiary/aromatic N) is 1. The number of hydrogen-bond acceptors (Lipinski definition) is 3. The zero-order chi connectivity index (χ0) is 21.4. The number of benzene rings is 2. The molecule has 0 fully saturated rings. The van der Waals surface area contributed by atoms with Gasteiger partial charge in [0.05, 0.1) is 5.02 Å². The van der Waals surface area contributed by atoms with Gasteiger partial charge in [0.25, 0.3) is 5.91 Å². The molecular weight excluding hydrogens is 388 g/mol. The Morgan fingerprint density at radius 2 is 1.69 bits per heavy atom. The van der Waals surface area contributed by atoms with Gasteiger partial charge in [-0.05, 0) is 51.8 Å². The highest BCUT2D eigenvalue weighted by atomic mass is 35.5. The van der Waals surface area contributed by atoms with Crippen molar-refractivity contribution in [1.29, 1.82) is 0 Å². The van der Waals surface area contributed by atoms with Crippen molar-refractivity contribution in [2.75, 3.05) is 13.2 Å². The Bertz CT molecular complexity index is 818. The molecule has 2 aromatic carbocycles. The number of rotatable bonds is 8. The lowest BCUT2D eigenvalue weighted by Crippen LogP contribution is -2.53. The van der Waals surface area contributed by atoms with Crippen molar-refractivity contribution in [3.05, 3.63) is 65.2 Å². The first kappa shape index (κ1) is 22.8. The van der Waals surface area contributed by atoms with Crippen molar-refractivity contribution in [1.82, 2.24) is 10.2 Å². The van der Waals surface area contributed by atoms with Gasteiger partial charge in [-0.25, -0.2) is 0 Å². The average molecular weight is 417 g/mol. The number of carbonyl (C=O) groups excluding carboxylic acids is 2. The molecule has 0 aliphatic rings. The first-order chi connectivity index (χ1) is 13.7. The zero-order valence-electron chi connectivity index (χ0n) is 17.4. The summed E-state index contributed by atoms with van der Waals surface area (Å²) in [6.07, 6.45) is 0.645. The molecule has 0 bridgehead atoms. The Balaban J connectivity index is 2.10. The largest absolute Gasteiger partial charge is 0.482 e. The van der Waals surface area contributed by atoms with Gasteiger partial charge in [0.2, 0.25) is 5.91 Å². The quantitative estimate of drug-likeness (QED) is 0.705. The molecule has 2 amide bonds. The van der Waals surface area contributed by atoms with Gasteiger partial charge in [0, 0.05) is 12.1 Å². The summed E-state index contributed by atoms with van der Waals surface area (Å²) >= 11 is 6.10. The van der Waals surface area contributed by atoms with Crippen LogP contribution in [0.15, 0.2) is 54.6 Å². The molecule has 0 saturated heterocycles. The highest BCUT2D eigenvalue weighted by Crippen LogP contribution is 2.23. The minimum Gasteiger partial charge on any atom is -0.482 e. The summed E-state index contributed by atoms with van der Waals surface area (Å²) in [6.45, 7) is 7.69. The van der Waals surface area contributed by atoms with Crippen molar-refractivity contribution >= 4 is 23.4 Å². The normalized spacial score (nSPS) is 12.2. The lowest BCUT2D eigenvalue weighted by atomic mass is 10.1. The van der Waals surface area contributed by atoms with Crippen LogP contribution in [0.5, 0.6) is 5.75 Å². The molecular formula is C23H29ClN2O3. The Morgan fingerprint density at radius 3 is 2.31 bits per heavy atom. The number of hydrogen-bond donors (Lipinski definition) is 1. The highest BCUT2D eigenvalue weighted by molar-refractivity contribution is 6.32. The smallest absolute Gasteiger partial charge is 0.261 e. The number of halogens is 1. The first-order valence-corrected chi connectivity index (χ1v) is 10.1. The molecule has 0 radical (unpaired) electrons. The van der Waals surface area contributed by atoms with Crippen molar-refractivity contribution in [2.24, 2.45) is 0 Å². The van der Waals surface area contributed by atoms with Crippen LogP contribution in [0.4, 0.5) is 0 Å². The van der Waals surface area contributed by atoms with E-state index in [1.54, 1.807) is 36.1 Å². The van der Waals surface area contributed by atoms with Crippen molar-refractivity contribution < 1.29 is 14.3 Å². The fourth-order valence-electron chi connectivity index (χ4n) is 2.83. The maximum Gasteiger partial charge on any atom is 0.261 e. The number of ether oxygens (including phenoxy) is 1. The van der Waals surface area contributed by atoms with E-state index < -0.39 is 6.04 Å². The van der Waals surface area contributed by atoms with Gasteiger partial charge in [-0.3, -0.25) is 9.59 Å². The number of amides is 2. The van der Waals surface area contributed by atoms with Crippen LogP contribution >= 0.6 is 11.6 Å². The van der Waals surface area contributed by atoms with E-state index in [0.29, 0.717) is 23.7 Å². The minimum absolute atomic E-state index is 0.189. The molecule has 0 aromatic heterocycles. The third-order valence-corrected chi connectivity index (χ3v) is 4.65. The van der Waals surface area contributed by atoms with E-state index in [9.17, 15) is 9.59 Å². The van der Waals surface area contributed by atoms with E-state index in [1.807, 2.05) is 51.1 Å². The van der Waals surface area contributed by atoms with E-state index in [-0.39, 0.29) is 24.0 Å². The molecule has 6 heteroatoms. The van der Waals surface area contributed by atoms with Gasteiger partial charge in [-0.2, -0.15) is 0 Å². The zero-order valence-corrected chi connectivity index (χ0v) is 18.2. The molecule has 1 atom stereocenters. The summed E-state index contributed by atoms with van der Waals surface area (Å²) in [5, 5.41) is 3.38. The highest BCUT2D eigenvalue weighted by Gasteiger charge is 2.28. The van der Waals surface area contributed by atoms with Gasteiger partial charge in [0.1, 0.15) is 11.8 Å². The second kappa shape index (κ2) is 10.3. The van der Waals surface area contributed by atoms with Crippen LogP contribution in [-0.4, -0.2) is 41.4 Å². The van der Waals surface area contributed by atoms with Gasteiger partial charge >= 0.3 is 0 Å². The molecule has 1 unspecified atom stereocenters. The summed E-state index contributed by atoms with van der Waals surface area (Å²) in [4.78, 5) is 27.2. The summed E-state index contributed by atoms with van der Waals surface area (Å²) in [5.41, 5.74) is 0.717. The standard InChI is InChI=1S/C23H29ClN2O3/c1-17(22(28)25-23(2,3)4)26(15-14-18-10-6-5-7-11-18)21(27)16-29-20-13-9-8-12-19(20)24/h5-13,17H,14-16H2,1-4H3,(H,25,28). The predicted octanol–water partition coefficient (Wildman–Crippen LogP) is 4.09. The molecule has 5 nitrogen and oxygen atoms in total. The molecule has 1 N–H and O–H groups in total. The summed E-state index contributed by atoms with van der Waals surface area (Å²) in [5.74, 6) is -0.0219. The topological polar surface area (TPSA) is 58.6 Å². The third kappa shape index (κ3) is 7.42. The van der Waals surface area contributed by atoms with Crippen LogP contribution in [0.2, 0.25) is 5.02 Å². The molecule has 2 rings (SSSR count). The van der Waals surface area contributed by atoms with Crippen molar-refractivity contribution in [3.63, 3.8) is 0 Å². The molecule has 29 heavy (non-hydrogen) atoms. The maximum absolute atomic E-state index is 12.9. The van der Waals surface area contributed by atoms with E-state index >= 15 is 0 Å². The molecule has 0 saturated carbocycles. The van der Waals surface area contributed by atoms with Crippen molar-refractivity contribution in [3.8, 4) is 5.75 Å². The van der Waals surface area contributed by atoms with Crippen LogP contribution in [0.3, 0.4) is 0 Å². The second-order valence-electron chi connectivity index (χ2n) is 7.96. The number of nitrogens with one attached hydrogen (secondary N) is 1. The lowest BCUT2D eigenvalue weighted by molar-refractivity contribution is -0.142. The van der Waals surface area contributed by atoms with Crippen LogP contribution in [0.25, 0.3) is 0 Å². The van der Waals surface area contributed by atoms with Crippen LogP contribution < -0.4 is 10.1 Å². The van der Waals surface area contributed by atoms with Crippen molar-refractivity contribution in [2.45, 2.75) is 45.7 Å². The average Bonchev–Trinajstić information content (AvgIpc) is 2.66. The van der Waals surface area contributed by atoms with Crippen LogP contribution in [-0.2, 0) is 16.0 Å². The van der Waals surface area contributed by atoms with E-state index in [2.05, 4.69) is 5.32 Å². The monoisotopic (exact) mass is 416 g/mol. The SMILES string of the molecule is CC(C(=O)NC(C)(C)C)N(CCc1ccccc1)C(=O)COc1ccccc1Cl. The Hall–Kier alpha value is -2.53. The van der Waals surface area contributed by atoms with Gasteiger partial charge in [-0.15, -0.1) is 0 Å². The number of carbonyl (C=O) groups is 2. The molecule has 156 valence electrons. The fourth-order valence-corrected chi connectivity index (χ4v) is 3.02. The van der Waals surface area contributed by atoms with E-state index in [0.717, 1.165) is 5.56 Å². The summed E-state index contributed by atoms with van der Waals surface area (Å²) in [6, 6.07) is 16.2. The van der Waals surface area contributed by atoms with Gasteiger partial charge in [0.15, 0.2) is 6.61 Å². The second-order valence-corrected chi connectivity index (χ2v) is 8.36. The Kier molecular flexibility index (Phi) is 8.09. The third-order valence-electron chi connectivity index (χ3n) is 4.34. The summed E-state index contributed by atoms with van der Waals surface area (Å²) in [7, 11) is 0. The van der Waals surface area contributed by atoms with E-state index in [4.69, 9.17) is 16.3 Å². The van der Waals surface area contributed by atoms with Crippen LogP contribution in [0, 0.1) is 0 Å². The lowest BCUT2D eigenvalue weighted by Gasteiger charge is -2.31.